The lowest BCUT2D eigenvalue weighted by Gasteiger charge is -2.29. The SMILES string of the molecule is CCOCCN1C(=O)CCc2cc(C(=O)O)ccc21. The van der Waals surface area contributed by atoms with E-state index in [-0.39, 0.29) is 11.5 Å². The molecule has 1 aliphatic heterocycles. The van der Waals surface area contributed by atoms with Gasteiger partial charge in [0.1, 0.15) is 0 Å². The maximum Gasteiger partial charge on any atom is 0.335 e. The fourth-order valence-corrected chi connectivity index (χ4v) is 2.24. The summed E-state index contributed by atoms with van der Waals surface area (Å²) >= 11 is 0. The summed E-state index contributed by atoms with van der Waals surface area (Å²) < 4.78 is 5.27. The lowest BCUT2D eigenvalue weighted by atomic mass is 9.99. The number of hydrogen-bond acceptors (Lipinski definition) is 3. The summed E-state index contributed by atoms with van der Waals surface area (Å²) in [6.45, 7) is 3.52. The molecule has 0 fully saturated rings. The van der Waals surface area contributed by atoms with Gasteiger partial charge in [-0.2, -0.15) is 0 Å². The molecule has 1 N–H and O–H groups in total. The Balaban J connectivity index is 2.23. The van der Waals surface area contributed by atoms with E-state index in [0.717, 1.165) is 11.3 Å². The summed E-state index contributed by atoms with van der Waals surface area (Å²) in [6.07, 6.45) is 1.02. The van der Waals surface area contributed by atoms with E-state index in [1.807, 2.05) is 6.92 Å². The lowest BCUT2D eigenvalue weighted by Crippen LogP contribution is -2.37. The number of amides is 1. The Bertz CT molecular complexity index is 498. The van der Waals surface area contributed by atoms with Crippen LogP contribution in [0.4, 0.5) is 5.69 Å². The zero-order valence-electron chi connectivity index (χ0n) is 10.9. The molecule has 0 aromatic heterocycles. The first-order valence-corrected chi connectivity index (χ1v) is 6.37. The average molecular weight is 263 g/mol. The summed E-state index contributed by atoms with van der Waals surface area (Å²) in [5.74, 6) is -0.879. The number of benzene rings is 1. The molecule has 0 aliphatic carbocycles. The molecule has 0 saturated heterocycles. The van der Waals surface area contributed by atoms with Gasteiger partial charge in [-0.05, 0) is 37.1 Å². The highest BCUT2D eigenvalue weighted by molar-refractivity contribution is 5.97. The second-order valence-corrected chi connectivity index (χ2v) is 4.39. The number of fused-ring (bicyclic) bond motifs is 1. The number of aryl methyl sites for hydroxylation is 1. The fraction of sp³-hybridized carbons (Fsp3) is 0.429. The van der Waals surface area contributed by atoms with Gasteiger partial charge in [0, 0.05) is 25.3 Å². The summed E-state index contributed by atoms with van der Waals surface area (Å²) in [5.41, 5.74) is 1.98. The molecule has 0 spiro atoms. The average Bonchev–Trinajstić information content (AvgIpc) is 2.40. The first kappa shape index (κ1) is 13.5. The predicted molar refractivity (Wildman–Crippen MR) is 70.6 cm³/mol. The summed E-state index contributed by atoms with van der Waals surface area (Å²) in [6, 6.07) is 4.90. The highest BCUT2D eigenvalue weighted by atomic mass is 16.5. The third kappa shape index (κ3) is 2.93. The summed E-state index contributed by atoms with van der Waals surface area (Å²) in [4.78, 5) is 24.5. The second-order valence-electron chi connectivity index (χ2n) is 4.39. The van der Waals surface area contributed by atoms with Crippen LogP contribution in [0, 0.1) is 0 Å². The Hall–Kier alpha value is -1.88. The first-order valence-electron chi connectivity index (χ1n) is 6.37. The zero-order valence-corrected chi connectivity index (χ0v) is 10.9. The van der Waals surface area contributed by atoms with E-state index in [2.05, 4.69) is 0 Å². The van der Waals surface area contributed by atoms with Gasteiger partial charge in [0.2, 0.25) is 5.91 Å². The van der Waals surface area contributed by atoms with Crippen LogP contribution in [0.2, 0.25) is 0 Å². The molecule has 1 heterocycles. The fourth-order valence-electron chi connectivity index (χ4n) is 2.24. The Morgan fingerprint density at radius 1 is 1.42 bits per heavy atom. The van der Waals surface area contributed by atoms with Crippen molar-refractivity contribution in [3.8, 4) is 0 Å². The van der Waals surface area contributed by atoms with Gasteiger partial charge in [0.05, 0.1) is 12.2 Å². The minimum absolute atomic E-state index is 0.0651. The number of ether oxygens (including phenoxy) is 1. The van der Waals surface area contributed by atoms with Gasteiger partial charge >= 0.3 is 5.97 Å². The van der Waals surface area contributed by atoms with E-state index in [9.17, 15) is 9.59 Å². The van der Waals surface area contributed by atoms with Crippen molar-refractivity contribution in [3.05, 3.63) is 29.3 Å². The molecular formula is C14H17NO4. The van der Waals surface area contributed by atoms with Crippen LogP contribution in [0.5, 0.6) is 0 Å². The predicted octanol–water partition coefficient (Wildman–Crippen LogP) is 1.70. The quantitative estimate of drug-likeness (QED) is 0.821. The monoisotopic (exact) mass is 263 g/mol. The Labute approximate surface area is 111 Å². The maximum atomic E-state index is 11.9. The number of carboxylic acid groups (broad SMARTS) is 1. The number of carboxylic acids is 1. The van der Waals surface area contributed by atoms with E-state index in [1.54, 1.807) is 17.0 Å². The maximum absolute atomic E-state index is 11.9. The van der Waals surface area contributed by atoms with Crippen molar-refractivity contribution in [1.82, 2.24) is 0 Å². The van der Waals surface area contributed by atoms with Crippen LogP contribution in [0.1, 0.15) is 29.3 Å². The van der Waals surface area contributed by atoms with Gasteiger partial charge < -0.3 is 14.7 Å². The number of carbonyl (C=O) groups excluding carboxylic acids is 1. The van der Waals surface area contributed by atoms with Crippen molar-refractivity contribution >= 4 is 17.6 Å². The molecular weight excluding hydrogens is 246 g/mol. The van der Waals surface area contributed by atoms with E-state index in [0.29, 0.717) is 32.6 Å². The highest BCUT2D eigenvalue weighted by Crippen LogP contribution is 2.28. The molecule has 0 radical (unpaired) electrons. The van der Waals surface area contributed by atoms with Gasteiger partial charge in [0.25, 0.3) is 0 Å². The van der Waals surface area contributed by atoms with Crippen molar-refractivity contribution in [2.24, 2.45) is 0 Å². The Kier molecular flexibility index (Phi) is 4.16. The molecule has 19 heavy (non-hydrogen) atoms. The van der Waals surface area contributed by atoms with Crippen LogP contribution in [-0.4, -0.2) is 36.7 Å². The van der Waals surface area contributed by atoms with E-state index < -0.39 is 5.97 Å². The molecule has 0 saturated carbocycles. The number of carbonyl (C=O) groups is 2. The van der Waals surface area contributed by atoms with Crippen LogP contribution >= 0.6 is 0 Å². The minimum Gasteiger partial charge on any atom is -0.478 e. The first-order chi connectivity index (χ1) is 9.13. The van der Waals surface area contributed by atoms with Gasteiger partial charge in [-0.1, -0.05) is 0 Å². The molecule has 1 aliphatic rings. The van der Waals surface area contributed by atoms with Crippen molar-refractivity contribution in [2.75, 3.05) is 24.7 Å². The largest absolute Gasteiger partial charge is 0.478 e. The van der Waals surface area contributed by atoms with Crippen molar-refractivity contribution in [3.63, 3.8) is 0 Å². The molecule has 2 rings (SSSR count). The third-order valence-electron chi connectivity index (χ3n) is 3.19. The van der Waals surface area contributed by atoms with Crippen molar-refractivity contribution in [1.29, 1.82) is 0 Å². The Morgan fingerprint density at radius 2 is 2.21 bits per heavy atom. The van der Waals surface area contributed by atoms with E-state index in [1.165, 1.54) is 6.07 Å². The third-order valence-corrected chi connectivity index (χ3v) is 3.19. The van der Waals surface area contributed by atoms with Crippen LogP contribution in [0.3, 0.4) is 0 Å². The molecule has 5 heteroatoms. The number of anilines is 1. The molecule has 102 valence electrons. The molecule has 0 atom stereocenters. The summed E-state index contributed by atoms with van der Waals surface area (Å²) in [5, 5.41) is 8.98. The molecule has 0 unspecified atom stereocenters. The van der Waals surface area contributed by atoms with Crippen LogP contribution < -0.4 is 4.90 Å². The summed E-state index contributed by atoms with van der Waals surface area (Å²) in [7, 11) is 0. The van der Waals surface area contributed by atoms with Gasteiger partial charge in [-0.3, -0.25) is 4.79 Å². The van der Waals surface area contributed by atoms with Gasteiger partial charge in [-0.25, -0.2) is 4.79 Å². The Morgan fingerprint density at radius 3 is 2.89 bits per heavy atom. The number of hydrogen-bond donors (Lipinski definition) is 1. The molecule has 5 nitrogen and oxygen atoms in total. The standard InChI is InChI=1S/C14H17NO4/c1-2-19-8-7-15-12-5-3-11(14(17)18)9-10(12)4-6-13(15)16/h3,5,9H,2,4,6-8H2,1H3,(H,17,18). The van der Waals surface area contributed by atoms with Crippen LogP contribution in [0.25, 0.3) is 0 Å². The van der Waals surface area contributed by atoms with Gasteiger partial charge in [-0.15, -0.1) is 0 Å². The number of aromatic carboxylic acids is 1. The van der Waals surface area contributed by atoms with E-state index >= 15 is 0 Å². The molecule has 1 aromatic rings. The lowest BCUT2D eigenvalue weighted by molar-refractivity contribution is -0.119. The van der Waals surface area contributed by atoms with Crippen molar-refractivity contribution in [2.45, 2.75) is 19.8 Å². The van der Waals surface area contributed by atoms with Gasteiger partial charge in [0.15, 0.2) is 0 Å². The highest BCUT2D eigenvalue weighted by Gasteiger charge is 2.24. The molecule has 1 amide bonds. The van der Waals surface area contributed by atoms with Crippen molar-refractivity contribution < 1.29 is 19.4 Å². The second kappa shape index (κ2) is 5.84. The van der Waals surface area contributed by atoms with Crippen LogP contribution in [0.15, 0.2) is 18.2 Å². The van der Waals surface area contributed by atoms with E-state index in [4.69, 9.17) is 9.84 Å². The topological polar surface area (TPSA) is 66.8 Å². The minimum atomic E-state index is -0.944. The number of nitrogens with zero attached hydrogens (tertiary/aromatic N) is 1. The molecule has 1 aromatic carbocycles. The number of rotatable bonds is 5. The zero-order chi connectivity index (χ0) is 13.8. The smallest absolute Gasteiger partial charge is 0.335 e. The normalized spacial score (nSPS) is 14.4. The van der Waals surface area contributed by atoms with Crippen LogP contribution in [-0.2, 0) is 16.0 Å². The molecule has 0 bridgehead atoms.